The molecule has 126 valence electrons. The zero-order valence-electron chi connectivity index (χ0n) is 14.5. The molecule has 1 aromatic heterocycles. The van der Waals surface area contributed by atoms with Gasteiger partial charge in [-0.05, 0) is 38.8 Å². The molecule has 0 spiro atoms. The van der Waals surface area contributed by atoms with Gasteiger partial charge in [0.25, 0.3) is 0 Å². The number of hydrogen-bond donors (Lipinski definition) is 0. The van der Waals surface area contributed by atoms with Gasteiger partial charge in [0, 0.05) is 23.9 Å². The lowest BCUT2D eigenvalue weighted by atomic mass is 9.90. The van der Waals surface area contributed by atoms with Gasteiger partial charge in [0.15, 0.2) is 17.3 Å². The van der Waals surface area contributed by atoms with E-state index in [1.165, 1.54) is 0 Å². The molecular weight excluding hydrogens is 304 g/mol. The SMILES string of the molecule is COc1cccc(C=C2CCc3c(cnn3C)C2=O)c1OC(C)C. The Hall–Kier alpha value is -2.56. The summed E-state index contributed by atoms with van der Waals surface area (Å²) in [4.78, 5) is 12.7. The van der Waals surface area contributed by atoms with Crippen molar-refractivity contribution in [3.8, 4) is 11.5 Å². The molecular formula is C19H22N2O3. The number of rotatable bonds is 4. The summed E-state index contributed by atoms with van der Waals surface area (Å²) in [5.41, 5.74) is 3.33. The Morgan fingerprint density at radius 2 is 2.08 bits per heavy atom. The zero-order chi connectivity index (χ0) is 17.3. The van der Waals surface area contributed by atoms with Crippen molar-refractivity contribution in [2.45, 2.75) is 32.8 Å². The summed E-state index contributed by atoms with van der Waals surface area (Å²) in [7, 11) is 3.49. The number of Topliss-reactive ketones (excluding diaryl/α,β-unsaturated/α-hetero) is 1. The number of ketones is 1. The molecule has 0 saturated carbocycles. The molecule has 0 saturated heterocycles. The maximum absolute atomic E-state index is 12.7. The van der Waals surface area contributed by atoms with Crippen molar-refractivity contribution < 1.29 is 14.3 Å². The first-order valence-corrected chi connectivity index (χ1v) is 8.11. The Balaban J connectivity index is 2.01. The third kappa shape index (κ3) is 2.94. The molecule has 5 heteroatoms. The lowest BCUT2D eigenvalue weighted by molar-refractivity contribution is 0.102. The fourth-order valence-corrected chi connectivity index (χ4v) is 2.98. The number of para-hydroxylation sites is 1. The second kappa shape index (κ2) is 6.51. The number of nitrogens with zero attached hydrogens (tertiary/aromatic N) is 2. The summed E-state index contributed by atoms with van der Waals surface area (Å²) in [6.45, 7) is 3.94. The van der Waals surface area contributed by atoms with E-state index in [9.17, 15) is 4.79 Å². The van der Waals surface area contributed by atoms with Crippen molar-refractivity contribution >= 4 is 11.9 Å². The van der Waals surface area contributed by atoms with Crippen LogP contribution in [0.3, 0.4) is 0 Å². The molecule has 0 unspecified atom stereocenters. The van der Waals surface area contributed by atoms with Crippen LogP contribution in [0.2, 0.25) is 0 Å². The van der Waals surface area contributed by atoms with Gasteiger partial charge in [-0.15, -0.1) is 0 Å². The largest absolute Gasteiger partial charge is 0.493 e. The Labute approximate surface area is 141 Å². The summed E-state index contributed by atoms with van der Waals surface area (Å²) in [6.07, 6.45) is 5.10. The van der Waals surface area contributed by atoms with E-state index in [0.717, 1.165) is 23.3 Å². The molecule has 2 aromatic rings. The molecule has 3 rings (SSSR count). The summed E-state index contributed by atoms with van der Waals surface area (Å²) in [5, 5.41) is 4.20. The minimum Gasteiger partial charge on any atom is -0.493 e. The number of allylic oxidation sites excluding steroid dienone is 1. The molecule has 0 radical (unpaired) electrons. The van der Waals surface area contributed by atoms with E-state index in [2.05, 4.69) is 5.10 Å². The first kappa shape index (κ1) is 16.3. The standard InChI is InChI=1S/C19H22N2O3/c1-12(2)24-19-14(6-5-7-17(19)23-4)10-13-8-9-16-15(18(13)22)11-20-21(16)3/h5-7,10-12H,8-9H2,1-4H3. The average Bonchev–Trinajstić information content (AvgIpc) is 2.93. The zero-order valence-corrected chi connectivity index (χ0v) is 14.5. The molecule has 1 heterocycles. The number of carbonyl (C=O) groups is 1. The van der Waals surface area contributed by atoms with Crippen LogP contribution in [0.4, 0.5) is 0 Å². The topological polar surface area (TPSA) is 53.4 Å². The van der Waals surface area contributed by atoms with Crippen LogP contribution in [-0.2, 0) is 13.5 Å². The highest BCUT2D eigenvalue weighted by Gasteiger charge is 2.25. The Morgan fingerprint density at radius 3 is 2.79 bits per heavy atom. The van der Waals surface area contributed by atoms with Gasteiger partial charge >= 0.3 is 0 Å². The van der Waals surface area contributed by atoms with Crippen molar-refractivity contribution in [3.05, 3.63) is 46.8 Å². The number of ether oxygens (including phenoxy) is 2. The highest BCUT2D eigenvalue weighted by molar-refractivity contribution is 6.13. The average molecular weight is 326 g/mol. The van der Waals surface area contributed by atoms with Crippen LogP contribution in [0.5, 0.6) is 11.5 Å². The van der Waals surface area contributed by atoms with Gasteiger partial charge in [0.05, 0.1) is 25.0 Å². The first-order valence-electron chi connectivity index (χ1n) is 8.11. The monoisotopic (exact) mass is 326 g/mol. The van der Waals surface area contributed by atoms with Crippen LogP contribution in [0.15, 0.2) is 30.0 Å². The van der Waals surface area contributed by atoms with Gasteiger partial charge in [-0.25, -0.2) is 0 Å². The molecule has 24 heavy (non-hydrogen) atoms. The molecule has 0 amide bonds. The number of aromatic nitrogens is 2. The van der Waals surface area contributed by atoms with Crippen LogP contribution in [0.25, 0.3) is 6.08 Å². The predicted molar refractivity (Wildman–Crippen MR) is 92.6 cm³/mol. The number of benzene rings is 1. The molecule has 0 aliphatic heterocycles. The highest BCUT2D eigenvalue weighted by atomic mass is 16.5. The fourth-order valence-electron chi connectivity index (χ4n) is 2.98. The minimum absolute atomic E-state index is 0.0189. The molecule has 5 nitrogen and oxygen atoms in total. The molecule has 0 fully saturated rings. The highest BCUT2D eigenvalue weighted by Crippen LogP contribution is 2.35. The molecule has 0 bridgehead atoms. The molecule has 0 atom stereocenters. The quantitative estimate of drug-likeness (QED) is 0.808. The lowest BCUT2D eigenvalue weighted by Gasteiger charge is -2.18. The lowest BCUT2D eigenvalue weighted by Crippen LogP contribution is -2.15. The van der Waals surface area contributed by atoms with E-state index < -0.39 is 0 Å². The van der Waals surface area contributed by atoms with Crippen LogP contribution in [0.1, 0.15) is 41.9 Å². The van der Waals surface area contributed by atoms with E-state index >= 15 is 0 Å². The van der Waals surface area contributed by atoms with Crippen molar-refractivity contribution in [2.75, 3.05) is 7.11 Å². The van der Waals surface area contributed by atoms with E-state index in [0.29, 0.717) is 23.5 Å². The van der Waals surface area contributed by atoms with Crippen molar-refractivity contribution in [1.82, 2.24) is 9.78 Å². The molecule has 1 aromatic carbocycles. The van der Waals surface area contributed by atoms with Gasteiger partial charge < -0.3 is 9.47 Å². The third-order valence-corrected chi connectivity index (χ3v) is 4.14. The predicted octanol–water partition coefficient (Wildman–Crippen LogP) is 3.43. The van der Waals surface area contributed by atoms with Crippen LogP contribution >= 0.6 is 0 Å². The normalized spacial score (nSPS) is 15.7. The Morgan fingerprint density at radius 1 is 1.29 bits per heavy atom. The molecule has 0 N–H and O–H groups in total. The van der Waals surface area contributed by atoms with Crippen LogP contribution in [-0.4, -0.2) is 28.8 Å². The maximum atomic E-state index is 12.7. The second-order valence-electron chi connectivity index (χ2n) is 6.17. The maximum Gasteiger partial charge on any atom is 0.192 e. The smallest absolute Gasteiger partial charge is 0.192 e. The van der Waals surface area contributed by atoms with E-state index in [1.807, 2.05) is 45.2 Å². The van der Waals surface area contributed by atoms with E-state index in [1.54, 1.807) is 18.0 Å². The summed E-state index contributed by atoms with van der Waals surface area (Å²) < 4.78 is 13.1. The minimum atomic E-state index is 0.0189. The fraction of sp³-hybridized carbons (Fsp3) is 0.368. The van der Waals surface area contributed by atoms with E-state index in [-0.39, 0.29) is 11.9 Å². The van der Waals surface area contributed by atoms with Crippen molar-refractivity contribution in [3.63, 3.8) is 0 Å². The van der Waals surface area contributed by atoms with Gasteiger partial charge in [-0.3, -0.25) is 9.48 Å². The number of carbonyl (C=O) groups excluding carboxylic acids is 1. The molecule has 1 aliphatic rings. The van der Waals surface area contributed by atoms with Crippen molar-refractivity contribution in [1.29, 1.82) is 0 Å². The Kier molecular flexibility index (Phi) is 4.42. The third-order valence-electron chi connectivity index (χ3n) is 4.14. The van der Waals surface area contributed by atoms with Gasteiger partial charge in [0.1, 0.15) is 0 Å². The number of fused-ring (bicyclic) bond motifs is 1. The summed E-state index contributed by atoms with van der Waals surface area (Å²) in [5.74, 6) is 1.39. The van der Waals surface area contributed by atoms with E-state index in [4.69, 9.17) is 9.47 Å². The summed E-state index contributed by atoms with van der Waals surface area (Å²) >= 11 is 0. The number of aryl methyl sites for hydroxylation is 1. The molecule has 1 aliphatic carbocycles. The second-order valence-corrected chi connectivity index (χ2v) is 6.17. The first-order chi connectivity index (χ1) is 11.5. The van der Waals surface area contributed by atoms with Gasteiger partial charge in [-0.2, -0.15) is 5.10 Å². The number of hydrogen-bond acceptors (Lipinski definition) is 4. The Bertz CT molecular complexity index is 803. The number of methoxy groups -OCH3 is 1. The van der Waals surface area contributed by atoms with Gasteiger partial charge in [0.2, 0.25) is 0 Å². The van der Waals surface area contributed by atoms with Gasteiger partial charge in [-0.1, -0.05) is 12.1 Å². The van der Waals surface area contributed by atoms with Crippen LogP contribution in [0, 0.1) is 0 Å². The van der Waals surface area contributed by atoms with Crippen LogP contribution < -0.4 is 9.47 Å². The van der Waals surface area contributed by atoms with Crippen molar-refractivity contribution in [2.24, 2.45) is 7.05 Å². The summed E-state index contributed by atoms with van der Waals surface area (Å²) in [6, 6.07) is 5.71.